The lowest BCUT2D eigenvalue weighted by Crippen LogP contribution is -1.93. The van der Waals surface area contributed by atoms with E-state index in [0.717, 1.165) is 8.95 Å². The molecule has 0 aliphatic carbocycles. The van der Waals surface area contributed by atoms with Crippen LogP contribution in [0.25, 0.3) is 32.5 Å². The van der Waals surface area contributed by atoms with Gasteiger partial charge in [0.2, 0.25) is 0 Å². The molecule has 28 heavy (non-hydrogen) atoms. The number of carboxylic acids is 1. The maximum absolute atomic E-state index is 11.3. The van der Waals surface area contributed by atoms with Crippen LogP contribution in [0.4, 0.5) is 0 Å². The van der Waals surface area contributed by atoms with Crippen LogP contribution < -0.4 is 0 Å². The minimum atomic E-state index is -0.953. The molecule has 0 radical (unpaired) electrons. The standard InChI is InChI=1S/C8H4BrN5O.C8H5BrN2O2/c9-4-1-5-6(8(15)13-14-10)3-12-7(5)11-2-4;9-4-1-5-6(8(12)13)3-11-7(5)10-2-4/h1-3H,(H,11,12);1-3H,(H,10,11)(H,12,13). The second kappa shape index (κ2) is 8.21. The van der Waals surface area contributed by atoms with Crippen molar-refractivity contribution >= 4 is 65.8 Å². The number of carboxylic acid groups (broad SMARTS) is 1. The van der Waals surface area contributed by atoms with Crippen molar-refractivity contribution in [1.29, 1.82) is 0 Å². The highest BCUT2D eigenvalue weighted by Gasteiger charge is 2.11. The molecule has 0 saturated carbocycles. The average molecular weight is 507 g/mol. The molecule has 10 nitrogen and oxygen atoms in total. The molecule has 0 aromatic carbocycles. The summed E-state index contributed by atoms with van der Waals surface area (Å²) in [5.41, 5.74) is 9.88. The lowest BCUT2D eigenvalue weighted by Gasteiger charge is -1.92. The Morgan fingerprint density at radius 2 is 1.50 bits per heavy atom. The van der Waals surface area contributed by atoms with E-state index in [1.165, 1.54) is 12.4 Å². The number of azide groups is 1. The number of carbonyl (C=O) groups is 2. The topological polar surface area (TPSA) is 160 Å². The molecule has 0 atom stereocenters. The number of aromatic carboxylic acids is 1. The van der Waals surface area contributed by atoms with Gasteiger partial charge in [-0.05, 0) is 54.6 Å². The van der Waals surface area contributed by atoms with Crippen LogP contribution >= 0.6 is 31.9 Å². The summed E-state index contributed by atoms with van der Waals surface area (Å²) in [6.45, 7) is 0. The molecule has 0 saturated heterocycles. The first-order valence-electron chi connectivity index (χ1n) is 7.48. The van der Waals surface area contributed by atoms with Crippen molar-refractivity contribution in [2.75, 3.05) is 0 Å². The van der Waals surface area contributed by atoms with E-state index in [0.29, 0.717) is 27.6 Å². The van der Waals surface area contributed by atoms with Crippen LogP contribution in [0.2, 0.25) is 0 Å². The number of hydrogen-bond donors (Lipinski definition) is 3. The van der Waals surface area contributed by atoms with E-state index in [2.05, 4.69) is 61.8 Å². The van der Waals surface area contributed by atoms with Gasteiger partial charge in [-0.2, -0.15) is 0 Å². The van der Waals surface area contributed by atoms with Crippen molar-refractivity contribution in [2.45, 2.75) is 0 Å². The van der Waals surface area contributed by atoms with Crippen LogP contribution in [0, 0.1) is 0 Å². The minimum absolute atomic E-state index is 0.240. The summed E-state index contributed by atoms with van der Waals surface area (Å²) >= 11 is 6.48. The van der Waals surface area contributed by atoms with Crippen LogP contribution in [0.3, 0.4) is 0 Å². The van der Waals surface area contributed by atoms with Crippen LogP contribution in [0.1, 0.15) is 20.7 Å². The molecule has 140 valence electrons. The van der Waals surface area contributed by atoms with Crippen LogP contribution in [-0.4, -0.2) is 36.9 Å². The number of aromatic nitrogens is 4. The molecule has 0 unspecified atom stereocenters. The van der Waals surface area contributed by atoms with Crippen molar-refractivity contribution in [3.8, 4) is 0 Å². The third-order valence-corrected chi connectivity index (χ3v) is 4.46. The quantitative estimate of drug-likeness (QED) is 0.202. The number of rotatable bonds is 2. The molecule has 4 rings (SSSR count). The second-order valence-corrected chi connectivity index (χ2v) is 7.14. The Balaban J connectivity index is 0.000000162. The third-order valence-electron chi connectivity index (χ3n) is 3.59. The molecule has 12 heteroatoms. The predicted octanol–water partition coefficient (Wildman–Crippen LogP) is 4.80. The number of nitrogens with one attached hydrogen (secondary N) is 2. The highest BCUT2D eigenvalue weighted by Crippen LogP contribution is 2.21. The van der Waals surface area contributed by atoms with Gasteiger partial charge in [-0.25, -0.2) is 14.8 Å². The van der Waals surface area contributed by atoms with Crippen molar-refractivity contribution in [1.82, 2.24) is 19.9 Å². The predicted molar refractivity (Wildman–Crippen MR) is 108 cm³/mol. The van der Waals surface area contributed by atoms with Crippen molar-refractivity contribution in [3.05, 3.63) is 67.4 Å². The van der Waals surface area contributed by atoms with Gasteiger partial charge in [0.05, 0.1) is 11.1 Å². The third kappa shape index (κ3) is 4.03. The molecular formula is C16H9Br2N7O3. The smallest absolute Gasteiger partial charge is 0.337 e. The van der Waals surface area contributed by atoms with E-state index in [9.17, 15) is 9.59 Å². The lowest BCUT2D eigenvalue weighted by atomic mass is 10.2. The Labute approximate surface area is 172 Å². The number of halogens is 2. The van der Waals surface area contributed by atoms with Gasteiger partial charge in [-0.1, -0.05) is 0 Å². The maximum atomic E-state index is 11.3. The van der Waals surface area contributed by atoms with Crippen molar-refractivity contribution in [2.24, 2.45) is 5.11 Å². The fraction of sp³-hybridized carbons (Fsp3) is 0. The number of pyridine rings is 2. The van der Waals surface area contributed by atoms with E-state index in [1.54, 1.807) is 24.5 Å². The molecule has 0 spiro atoms. The Hall–Kier alpha value is -3.21. The normalized spacial score (nSPS) is 10.2. The Kier molecular flexibility index (Phi) is 5.73. The summed E-state index contributed by atoms with van der Waals surface area (Å²) in [5, 5.41) is 13.1. The van der Waals surface area contributed by atoms with Crippen LogP contribution in [-0.2, 0) is 0 Å². The second-order valence-electron chi connectivity index (χ2n) is 5.30. The van der Waals surface area contributed by atoms with E-state index in [1.807, 2.05) is 0 Å². The summed E-state index contributed by atoms with van der Waals surface area (Å²) in [6.07, 6.45) is 6.14. The van der Waals surface area contributed by atoms with Gasteiger partial charge in [0, 0.05) is 49.4 Å². The number of carbonyl (C=O) groups excluding carboxylic acids is 1. The molecule has 0 aliphatic rings. The highest BCUT2D eigenvalue weighted by atomic mass is 79.9. The summed E-state index contributed by atoms with van der Waals surface area (Å²) in [7, 11) is 0. The first kappa shape index (κ1) is 19.5. The van der Waals surface area contributed by atoms with Gasteiger partial charge in [0.15, 0.2) is 0 Å². The number of H-pyrrole nitrogens is 2. The molecular weight excluding hydrogens is 498 g/mol. The van der Waals surface area contributed by atoms with Crippen LogP contribution in [0.15, 0.2) is 51.0 Å². The molecule has 4 aromatic rings. The first-order valence-corrected chi connectivity index (χ1v) is 9.07. The molecule has 3 N–H and O–H groups in total. The first-order chi connectivity index (χ1) is 13.4. The molecule has 4 aromatic heterocycles. The highest BCUT2D eigenvalue weighted by molar-refractivity contribution is 9.10. The Morgan fingerprint density at radius 1 is 1.00 bits per heavy atom. The number of fused-ring (bicyclic) bond motifs is 2. The van der Waals surface area contributed by atoms with Crippen LogP contribution in [0.5, 0.6) is 0 Å². The largest absolute Gasteiger partial charge is 0.478 e. The molecule has 1 amide bonds. The van der Waals surface area contributed by atoms with Gasteiger partial charge in [-0.3, -0.25) is 4.79 Å². The lowest BCUT2D eigenvalue weighted by molar-refractivity contribution is 0.0699. The number of hydrogen-bond acceptors (Lipinski definition) is 4. The zero-order valence-corrected chi connectivity index (χ0v) is 16.9. The summed E-state index contributed by atoms with van der Waals surface area (Å²) in [6, 6.07) is 3.46. The summed E-state index contributed by atoms with van der Waals surface area (Å²) in [4.78, 5) is 38.2. The summed E-state index contributed by atoms with van der Waals surface area (Å²) in [5.74, 6) is -1.57. The zero-order valence-electron chi connectivity index (χ0n) is 13.7. The molecule has 0 bridgehead atoms. The maximum Gasteiger partial charge on any atom is 0.337 e. The fourth-order valence-corrected chi connectivity index (χ4v) is 3.07. The summed E-state index contributed by atoms with van der Waals surface area (Å²) < 4.78 is 1.52. The molecule has 0 aliphatic heterocycles. The Bertz CT molecular complexity index is 1260. The van der Waals surface area contributed by atoms with Crippen molar-refractivity contribution in [3.63, 3.8) is 0 Å². The van der Waals surface area contributed by atoms with Gasteiger partial charge < -0.3 is 15.1 Å². The van der Waals surface area contributed by atoms with E-state index in [-0.39, 0.29) is 5.56 Å². The monoisotopic (exact) mass is 505 g/mol. The number of nitrogens with zero attached hydrogens (tertiary/aromatic N) is 5. The Morgan fingerprint density at radius 3 is 2.00 bits per heavy atom. The van der Waals surface area contributed by atoms with Gasteiger partial charge >= 0.3 is 5.97 Å². The minimum Gasteiger partial charge on any atom is -0.478 e. The van der Waals surface area contributed by atoms with Gasteiger partial charge in [-0.15, -0.1) is 0 Å². The molecule has 0 fully saturated rings. The fourth-order valence-electron chi connectivity index (χ4n) is 2.40. The van der Waals surface area contributed by atoms with E-state index in [4.69, 9.17) is 10.6 Å². The number of amides is 1. The SMILES string of the molecule is O=C(O)c1c[nH]c2ncc(Br)cc12.[N-]=[N+]=NC(=O)c1c[nH]c2ncc(Br)cc12. The van der Waals surface area contributed by atoms with Gasteiger partial charge in [0.25, 0.3) is 5.91 Å². The van der Waals surface area contributed by atoms with E-state index < -0.39 is 11.9 Å². The average Bonchev–Trinajstić information content (AvgIpc) is 3.25. The zero-order chi connectivity index (χ0) is 20.3. The molecule has 4 heterocycles. The van der Waals surface area contributed by atoms with Crippen molar-refractivity contribution < 1.29 is 14.7 Å². The van der Waals surface area contributed by atoms with Gasteiger partial charge in [0.1, 0.15) is 11.3 Å². The van der Waals surface area contributed by atoms with E-state index >= 15 is 0 Å². The number of aromatic amines is 2.